The van der Waals surface area contributed by atoms with Crippen molar-refractivity contribution in [2.75, 3.05) is 6.61 Å². The van der Waals surface area contributed by atoms with Crippen LogP contribution in [0, 0.1) is 11.3 Å². The molecule has 0 spiro atoms. The molecular weight excluding hydrogens is 270 g/mol. The third-order valence-corrected chi connectivity index (χ3v) is 2.37. The van der Waals surface area contributed by atoms with Gasteiger partial charge in [-0.05, 0) is 31.2 Å². The summed E-state index contributed by atoms with van der Waals surface area (Å²) in [6, 6.07) is 8.64. The van der Waals surface area contributed by atoms with Crippen LogP contribution in [0.5, 0.6) is 0 Å². The van der Waals surface area contributed by atoms with E-state index < -0.39 is 0 Å². The first kappa shape index (κ1) is 12.5. The number of allylic oxidation sites excluding steroid dienone is 1. The van der Waals surface area contributed by atoms with Crippen LogP contribution in [0.2, 0.25) is 0 Å². The van der Waals surface area contributed by atoms with Crippen LogP contribution in [0.15, 0.2) is 40.6 Å². The summed E-state index contributed by atoms with van der Waals surface area (Å²) in [7, 11) is 0. The van der Waals surface area contributed by atoms with Gasteiger partial charge in [-0.15, -0.1) is 0 Å². The second kappa shape index (κ2) is 6.09. The Labute approximate surface area is 102 Å². The maximum absolute atomic E-state index is 11.8. The quantitative estimate of drug-likeness (QED) is 0.368. The van der Waals surface area contributed by atoms with Gasteiger partial charge in [-0.2, -0.15) is 5.26 Å². The lowest BCUT2D eigenvalue weighted by molar-refractivity contribution is 0.103. The zero-order chi connectivity index (χ0) is 12.0. The van der Waals surface area contributed by atoms with Crippen molar-refractivity contribution in [1.82, 2.24) is 0 Å². The first-order valence-electron chi connectivity index (χ1n) is 4.71. The first-order chi connectivity index (χ1) is 7.69. The second-order valence-corrected chi connectivity index (χ2v) is 3.85. The van der Waals surface area contributed by atoms with Gasteiger partial charge in [0.25, 0.3) is 0 Å². The Morgan fingerprint density at radius 3 is 2.62 bits per heavy atom. The Hall–Kier alpha value is -1.60. The van der Waals surface area contributed by atoms with Crippen LogP contribution < -0.4 is 0 Å². The lowest BCUT2D eigenvalue weighted by atomic mass is 10.1. The number of nitriles is 1. The van der Waals surface area contributed by atoms with Crippen LogP contribution in [-0.2, 0) is 4.74 Å². The van der Waals surface area contributed by atoms with Gasteiger partial charge in [0.2, 0.25) is 5.78 Å². The lowest BCUT2D eigenvalue weighted by Gasteiger charge is -2.00. The Morgan fingerprint density at radius 2 is 2.12 bits per heavy atom. The molecule has 0 bridgehead atoms. The molecule has 0 heterocycles. The molecule has 0 amide bonds. The largest absolute Gasteiger partial charge is 0.500 e. The summed E-state index contributed by atoms with van der Waals surface area (Å²) in [4.78, 5) is 11.8. The van der Waals surface area contributed by atoms with Crippen molar-refractivity contribution in [1.29, 1.82) is 5.26 Å². The molecule has 0 aliphatic heterocycles. The number of hydrogen-bond donors (Lipinski definition) is 0. The molecule has 0 aromatic heterocycles. The topological polar surface area (TPSA) is 50.1 Å². The highest BCUT2D eigenvalue weighted by atomic mass is 79.9. The summed E-state index contributed by atoms with van der Waals surface area (Å²) in [6.45, 7) is 2.22. The number of Topliss-reactive ketones (excluding diaryl/α,β-unsaturated/α-hetero) is 1. The highest BCUT2D eigenvalue weighted by Gasteiger charge is 2.11. The predicted molar refractivity (Wildman–Crippen MR) is 63.8 cm³/mol. The van der Waals surface area contributed by atoms with Crippen LogP contribution in [0.1, 0.15) is 17.3 Å². The van der Waals surface area contributed by atoms with Crippen LogP contribution in [0.25, 0.3) is 0 Å². The van der Waals surface area contributed by atoms with E-state index in [0.29, 0.717) is 12.2 Å². The summed E-state index contributed by atoms with van der Waals surface area (Å²) in [5, 5.41) is 8.81. The van der Waals surface area contributed by atoms with Gasteiger partial charge in [-0.1, -0.05) is 15.9 Å². The standard InChI is InChI=1S/C12H10BrNO2/c1-2-16-8-10(7-14)12(15)9-3-5-11(13)6-4-9/h3-6,8H,2H2,1H3. The van der Waals surface area contributed by atoms with Crippen molar-refractivity contribution >= 4 is 21.7 Å². The fourth-order valence-corrected chi connectivity index (χ4v) is 1.32. The van der Waals surface area contributed by atoms with Crippen LogP contribution in [-0.4, -0.2) is 12.4 Å². The molecule has 0 aliphatic rings. The van der Waals surface area contributed by atoms with Crippen molar-refractivity contribution in [3.8, 4) is 6.07 Å². The molecule has 1 rings (SSSR count). The Kier molecular flexibility index (Phi) is 4.74. The molecule has 0 atom stereocenters. The summed E-state index contributed by atoms with van der Waals surface area (Å²) >= 11 is 3.27. The maximum Gasteiger partial charge on any atom is 0.206 e. The minimum atomic E-state index is -0.330. The van der Waals surface area contributed by atoms with E-state index in [1.807, 2.05) is 6.07 Å². The number of rotatable bonds is 4. The fraction of sp³-hybridized carbons (Fsp3) is 0.167. The fourth-order valence-electron chi connectivity index (χ4n) is 1.05. The number of ketones is 1. The lowest BCUT2D eigenvalue weighted by Crippen LogP contribution is -2.02. The molecule has 0 fully saturated rings. The van der Waals surface area contributed by atoms with Gasteiger partial charge in [-0.3, -0.25) is 4.79 Å². The number of nitrogens with zero attached hydrogens (tertiary/aromatic N) is 1. The molecule has 4 heteroatoms. The number of carbonyl (C=O) groups is 1. The molecule has 0 saturated carbocycles. The smallest absolute Gasteiger partial charge is 0.206 e. The van der Waals surface area contributed by atoms with Crippen molar-refractivity contribution in [3.63, 3.8) is 0 Å². The minimum absolute atomic E-state index is 0.00386. The van der Waals surface area contributed by atoms with Crippen molar-refractivity contribution in [2.24, 2.45) is 0 Å². The molecule has 1 aromatic carbocycles. The molecule has 0 radical (unpaired) electrons. The number of halogens is 1. The van der Waals surface area contributed by atoms with E-state index in [2.05, 4.69) is 15.9 Å². The maximum atomic E-state index is 11.8. The Bertz CT molecular complexity index is 443. The Morgan fingerprint density at radius 1 is 1.50 bits per heavy atom. The summed E-state index contributed by atoms with van der Waals surface area (Å²) in [5.74, 6) is -0.330. The van der Waals surface area contributed by atoms with Gasteiger partial charge in [0.05, 0.1) is 6.61 Å². The molecule has 1 aromatic rings. The van der Waals surface area contributed by atoms with E-state index in [0.717, 1.165) is 4.47 Å². The average molecular weight is 280 g/mol. The van der Waals surface area contributed by atoms with Crippen molar-refractivity contribution in [2.45, 2.75) is 6.92 Å². The number of carbonyl (C=O) groups excluding carboxylic acids is 1. The Balaban J connectivity index is 2.93. The summed E-state index contributed by atoms with van der Waals surface area (Å²) in [5.41, 5.74) is 0.472. The third kappa shape index (κ3) is 3.21. The summed E-state index contributed by atoms with van der Waals surface area (Å²) in [6.07, 6.45) is 1.20. The molecule has 0 unspecified atom stereocenters. The van der Waals surface area contributed by atoms with Gasteiger partial charge in [0, 0.05) is 10.0 Å². The predicted octanol–water partition coefficient (Wildman–Crippen LogP) is 3.08. The number of ether oxygens (including phenoxy) is 1. The molecule has 0 saturated heterocycles. The molecule has 16 heavy (non-hydrogen) atoms. The average Bonchev–Trinajstić information content (AvgIpc) is 2.30. The van der Waals surface area contributed by atoms with Gasteiger partial charge in [-0.25, -0.2) is 0 Å². The highest BCUT2D eigenvalue weighted by Crippen LogP contribution is 2.13. The van der Waals surface area contributed by atoms with Crippen molar-refractivity contribution in [3.05, 3.63) is 46.1 Å². The summed E-state index contributed by atoms with van der Waals surface area (Å²) < 4.78 is 5.82. The zero-order valence-electron chi connectivity index (χ0n) is 8.74. The van der Waals surface area contributed by atoms with Crippen LogP contribution in [0.4, 0.5) is 0 Å². The monoisotopic (exact) mass is 279 g/mol. The highest BCUT2D eigenvalue weighted by molar-refractivity contribution is 9.10. The van der Waals surface area contributed by atoms with Gasteiger partial charge < -0.3 is 4.74 Å². The van der Waals surface area contributed by atoms with E-state index in [1.165, 1.54) is 6.26 Å². The normalized spacial score (nSPS) is 10.7. The van der Waals surface area contributed by atoms with E-state index in [4.69, 9.17) is 10.00 Å². The number of benzene rings is 1. The van der Waals surface area contributed by atoms with Gasteiger partial charge in [0.1, 0.15) is 17.9 Å². The van der Waals surface area contributed by atoms with E-state index in [9.17, 15) is 4.79 Å². The van der Waals surface area contributed by atoms with E-state index in [-0.39, 0.29) is 11.4 Å². The second-order valence-electron chi connectivity index (χ2n) is 2.93. The minimum Gasteiger partial charge on any atom is -0.500 e. The number of hydrogen-bond acceptors (Lipinski definition) is 3. The van der Waals surface area contributed by atoms with E-state index in [1.54, 1.807) is 31.2 Å². The SMILES string of the molecule is CCOC=C(C#N)C(=O)c1ccc(Br)cc1. The van der Waals surface area contributed by atoms with E-state index >= 15 is 0 Å². The first-order valence-corrected chi connectivity index (χ1v) is 5.50. The zero-order valence-corrected chi connectivity index (χ0v) is 10.3. The molecule has 0 aliphatic carbocycles. The van der Waals surface area contributed by atoms with Crippen molar-refractivity contribution < 1.29 is 9.53 Å². The van der Waals surface area contributed by atoms with Crippen LogP contribution in [0.3, 0.4) is 0 Å². The van der Waals surface area contributed by atoms with Gasteiger partial charge >= 0.3 is 0 Å². The molecule has 82 valence electrons. The molecular formula is C12H10BrNO2. The van der Waals surface area contributed by atoms with Crippen LogP contribution >= 0.6 is 15.9 Å². The molecule has 0 N–H and O–H groups in total. The molecule has 3 nitrogen and oxygen atoms in total. The van der Waals surface area contributed by atoms with Gasteiger partial charge in [0.15, 0.2) is 0 Å². The third-order valence-electron chi connectivity index (χ3n) is 1.84.